The number of aromatic amines is 1. The molecule has 2 saturated heterocycles. The predicted molar refractivity (Wildman–Crippen MR) is 82.4 cm³/mol. The molecule has 0 saturated carbocycles. The highest BCUT2D eigenvalue weighted by molar-refractivity contribution is 5.74. The van der Waals surface area contributed by atoms with E-state index < -0.39 is 17.9 Å². The highest BCUT2D eigenvalue weighted by atomic mass is 16.7. The summed E-state index contributed by atoms with van der Waals surface area (Å²) in [7, 11) is 3.21. The van der Waals surface area contributed by atoms with Gasteiger partial charge in [0.2, 0.25) is 5.95 Å². The van der Waals surface area contributed by atoms with E-state index in [0.717, 1.165) is 0 Å². The second kappa shape index (κ2) is 5.24. The lowest BCUT2D eigenvalue weighted by molar-refractivity contribution is -0.222. The first kappa shape index (κ1) is 15.5. The van der Waals surface area contributed by atoms with Gasteiger partial charge in [-0.05, 0) is 6.92 Å². The molecule has 2 bridgehead atoms. The number of aromatic nitrogens is 4. The van der Waals surface area contributed by atoms with Gasteiger partial charge in [-0.25, -0.2) is 4.68 Å². The van der Waals surface area contributed by atoms with Crippen molar-refractivity contribution in [1.82, 2.24) is 19.7 Å². The van der Waals surface area contributed by atoms with Crippen molar-refractivity contribution in [3.05, 3.63) is 16.6 Å². The van der Waals surface area contributed by atoms with E-state index in [-0.39, 0.29) is 23.7 Å². The Hall–Kier alpha value is -2.01. The molecule has 0 aliphatic carbocycles. The third-order valence-corrected chi connectivity index (χ3v) is 4.80. The number of methoxy groups -OCH3 is 2. The third kappa shape index (κ3) is 1.88. The van der Waals surface area contributed by atoms with Crippen molar-refractivity contribution in [3.63, 3.8) is 0 Å². The Morgan fingerprint density at radius 2 is 2.29 bits per heavy atom. The van der Waals surface area contributed by atoms with Crippen molar-refractivity contribution in [2.24, 2.45) is 0 Å². The van der Waals surface area contributed by atoms with Crippen LogP contribution in [0.3, 0.4) is 0 Å². The molecule has 0 spiro atoms. The van der Waals surface area contributed by atoms with Crippen LogP contribution in [0.15, 0.2) is 11.0 Å². The van der Waals surface area contributed by atoms with Gasteiger partial charge in [0.05, 0.1) is 18.9 Å². The van der Waals surface area contributed by atoms with Crippen LogP contribution in [-0.4, -0.2) is 64.5 Å². The standard InChI is InChI=1S/C14H19N5O5/c1-6-14(5-21-2)9(22-3)8(23-6)12(24-14)19-10-7(4-16-19)11(20)18-13(15)17-10/h4,6,8-9,12H,5H2,1-3H3,(H3,15,17,18,20)/t6-,8-,9?,12+,14-/m0/s1. The Morgan fingerprint density at radius 1 is 1.50 bits per heavy atom. The second-order valence-corrected chi connectivity index (χ2v) is 6.07. The van der Waals surface area contributed by atoms with Crippen LogP contribution < -0.4 is 11.3 Å². The quantitative estimate of drug-likeness (QED) is 0.758. The van der Waals surface area contributed by atoms with Crippen molar-refractivity contribution in [2.75, 3.05) is 26.6 Å². The third-order valence-electron chi connectivity index (χ3n) is 4.80. The molecule has 10 nitrogen and oxygen atoms in total. The molecule has 10 heteroatoms. The SMILES string of the molecule is COC[C@]12O[C@@H](n3ncc4c(=O)[nH]c(N)nc43)[C@@H](O[C@H]1C)C2OC. The van der Waals surface area contributed by atoms with E-state index in [2.05, 4.69) is 15.1 Å². The van der Waals surface area contributed by atoms with Gasteiger partial charge in [0, 0.05) is 14.2 Å². The Morgan fingerprint density at radius 3 is 3.00 bits per heavy atom. The molecule has 2 aromatic rings. The second-order valence-electron chi connectivity index (χ2n) is 6.07. The maximum atomic E-state index is 12.0. The molecule has 2 aromatic heterocycles. The summed E-state index contributed by atoms with van der Waals surface area (Å²) < 4.78 is 24.8. The summed E-state index contributed by atoms with van der Waals surface area (Å²) in [5.41, 5.74) is 4.90. The van der Waals surface area contributed by atoms with E-state index in [0.29, 0.717) is 17.6 Å². The van der Waals surface area contributed by atoms with E-state index in [4.69, 9.17) is 24.7 Å². The summed E-state index contributed by atoms with van der Waals surface area (Å²) in [6.07, 6.45) is -0.0782. The number of anilines is 1. The summed E-state index contributed by atoms with van der Waals surface area (Å²) in [5, 5.41) is 4.59. The predicted octanol–water partition coefficient (Wildman–Crippen LogP) is -0.582. The zero-order valence-corrected chi connectivity index (χ0v) is 13.6. The number of nitrogens with one attached hydrogen (secondary N) is 1. The van der Waals surface area contributed by atoms with Gasteiger partial charge < -0.3 is 24.7 Å². The fraction of sp³-hybridized carbons (Fsp3) is 0.643. The first-order valence-electron chi connectivity index (χ1n) is 7.60. The minimum atomic E-state index is -0.746. The molecule has 3 N–H and O–H groups in total. The fourth-order valence-electron chi connectivity index (χ4n) is 3.72. The summed E-state index contributed by atoms with van der Waals surface area (Å²) in [6, 6.07) is 0. The first-order valence-corrected chi connectivity index (χ1v) is 7.60. The molecule has 0 amide bonds. The number of nitrogens with zero attached hydrogens (tertiary/aromatic N) is 3. The van der Waals surface area contributed by atoms with Gasteiger partial charge in [-0.3, -0.25) is 9.78 Å². The molecular weight excluding hydrogens is 318 g/mol. The van der Waals surface area contributed by atoms with Gasteiger partial charge in [0.25, 0.3) is 5.56 Å². The Labute approximate surface area is 136 Å². The Bertz CT molecular complexity index is 835. The Balaban J connectivity index is 1.81. The molecule has 24 heavy (non-hydrogen) atoms. The molecule has 4 heterocycles. The van der Waals surface area contributed by atoms with Crippen LogP contribution in [0.5, 0.6) is 0 Å². The molecule has 0 aromatic carbocycles. The number of ether oxygens (including phenoxy) is 4. The Kier molecular flexibility index (Phi) is 3.39. The lowest BCUT2D eigenvalue weighted by atomic mass is 9.94. The minimum absolute atomic E-state index is 0.0154. The lowest BCUT2D eigenvalue weighted by Gasteiger charge is -2.35. The van der Waals surface area contributed by atoms with Crippen molar-refractivity contribution >= 4 is 17.0 Å². The van der Waals surface area contributed by atoms with Crippen LogP contribution >= 0.6 is 0 Å². The molecule has 2 aliphatic rings. The number of nitrogens with two attached hydrogens (primary N) is 1. The molecule has 130 valence electrons. The van der Waals surface area contributed by atoms with Crippen molar-refractivity contribution in [1.29, 1.82) is 0 Å². The number of nitrogen functional groups attached to an aromatic ring is 1. The zero-order chi connectivity index (χ0) is 17.1. The van der Waals surface area contributed by atoms with E-state index in [1.807, 2.05) is 6.92 Å². The summed E-state index contributed by atoms with van der Waals surface area (Å²) in [6.45, 7) is 2.23. The van der Waals surface area contributed by atoms with Crippen molar-refractivity contribution < 1.29 is 18.9 Å². The average molecular weight is 337 g/mol. The van der Waals surface area contributed by atoms with Crippen LogP contribution in [0.4, 0.5) is 5.95 Å². The van der Waals surface area contributed by atoms with Gasteiger partial charge in [0.15, 0.2) is 11.9 Å². The topological polar surface area (TPSA) is 127 Å². The average Bonchev–Trinajstić information content (AvgIpc) is 3.14. The maximum Gasteiger partial charge on any atom is 0.263 e. The largest absolute Gasteiger partial charge is 0.381 e. The lowest BCUT2D eigenvalue weighted by Crippen LogP contribution is -2.50. The molecule has 5 atom stereocenters. The van der Waals surface area contributed by atoms with E-state index >= 15 is 0 Å². The van der Waals surface area contributed by atoms with Crippen molar-refractivity contribution in [3.8, 4) is 0 Å². The van der Waals surface area contributed by atoms with E-state index in [9.17, 15) is 4.79 Å². The van der Waals surface area contributed by atoms with E-state index in [1.54, 1.807) is 14.2 Å². The smallest absolute Gasteiger partial charge is 0.263 e. The van der Waals surface area contributed by atoms with Gasteiger partial charge >= 0.3 is 0 Å². The van der Waals surface area contributed by atoms with Gasteiger partial charge in [0.1, 0.15) is 23.2 Å². The normalized spacial score (nSPS) is 35.1. The van der Waals surface area contributed by atoms with Crippen molar-refractivity contribution in [2.45, 2.75) is 37.1 Å². The highest BCUT2D eigenvalue weighted by Crippen LogP contribution is 2.50. The molecule has 1 unspecified atom stereocenters. The molecule has 0 radical (unpaired) electrons. The van der Waals surface area contributed by atoms with E-state index in [1.165, 1.54) is 10.9 Å². The van der Waals surface area contributed by atoms with Crippen LogP contribution in [0.1, 0.15) is 13.2 Å². The van der Waals surface area contributed by atoms with Gasteiger partial charge in [-0.15, -0.1) is 0 Å². The maximum absolute atomic E-state index is 12.0. The van der Waals surface area contributed by atoms with Gasteiger partial charge in [-0.2, -0.15) is 10.1 Å². The summed E-state index contributed by atoms with van der Waals surface area (Å²) in [5.74, 6) is 0.0154. The number of H-pyrrole nitrogens is 1. The van der Waals surface area contributed by atoms with Crippen LogP contribution in [0.2, 0.25) is 0 Å². The first-order chi connectivity index (χ1) is 11.5. The number of rotatable bonds is 4. The fourth-order valence-corrected chi connectivity index (χ4v) is 3.72. The molecule has 2 aliphatic heterocycles. The number of hydrogen-bond acceptors (Lipinski definition) is 8. The van der Waals surface area contributed by atoms with Crippen LogP contribution in [0, 0.1) is 0 Å². The minimum Gasteiger partial charge on any atom is -0.381 e. The molecule has 2 fully saturated rings. The molecular formula is C14H19N5O5. The van der Waals surface area contributed by atoms with Crippen LogP contribution in [0.25, 0.3) is 11.0 Å². The summed E-state index contributed by atoms with van der Waals surface area (Å²) >= 11 is 0. The number of hydrogen-bond donors (Lipinski definition) is 2. The highest BCUT2D eigenvalue weighted by Gasteiger charge is 2.66. The van der Waals surface area contributed by atoms with Crippen LogP contribution in [-0.2, 0) is 18.9 Å². The number of fused-ring (bicyclic) bond motifs is 3. The molecule has 4 rings (SSSR count). The summed E-state index contributed by atoms with van der Waals surface area (Å²) in [4.78, 5) is 18.6. The zero-order valence-electron chi connectivity index (χ0n) is 13.6. The van der Waals surface area contributed by atoms with Gasteiger partial charge in [-0.1, -0.05) is 0 Å². The monoisotopic (exact) mass is 337 g/mol.